The predicted molar refractivity (Wildman–Crippen MR) is 85.1 cm³/mol. The van der Waals surface area contributed by atoms with Gasteiger partial charge >= 0.3 is 0 Å². The average Bonchev–Trinajstić information content (AvgIpc) is 2.12. The highest BCUT2D eigenvalue weighted by Gasteiger charge is 2.27. The van der Waals surface area contributed by atoms with Crippen LogP contribution in [0.25, 0.3) is 0 Å². The molecule has 0 amide bonds. The van der Waals surface area contributed by atoms with Crippen LogP contribution in [-0.4, -0.2) is 19.4 Å². The van der Waals surface area contributed by atoms with E-state index < -0.39 is 9.84 Å². The van der Waals surface area contributed by atoms with E-state index in [0.717, 1.165) is 19.3 Å². The molecule has 0 saturated heterocycles. The number of rotatable bonds is 7. The van der Waals surface area contributed by atoms with Gasteiger partial charge < -0.3 is 0 Å². The van der Waals surface area contributed by atoms with Gasteiger partial charge in [0, 0.05) is 0 Å². The third-order valence-corrected chi connectivity index (χ3v) is 5.82. The molecule has 0 fully saturated rings. The third-order valence-electron chi connectivity index (χ3n) is 3.19. The average molecular weight is 288 g/mol. The molecule has 0 aromatic rings. The molecule has 0 radical (unpaired) electrons. The molecule has 0 saturated carbocycles. The lowest BCUT2D eigenvalue weighted by atomic mass is 9.89. The molecule has 0 aliphatic heterocycles. The van der Waals surface area contributed by atoms with E-state index in [1.54, 1.807) is 13.8 Å². The van der Waals surface area contributed by atoms with Gasteiger partial charge in [-0.2, -0.15) is 0 Å². The summed E-state index contributed by atoms with van der Waals surface area (Å²) < 4.78 is 23.9. The molecule has 0 atom stereocenters. The third kappa shape index (κ3) is 9.26. The predicted octanol–water partition coefficient (Wildman–Crippen LogP) is 4.61. The van der Waals surface area contributed by atoms with Crippen LogP contribution < -0.4 is 0 Å². The molecule has 2 nitrogen and oxygen atoms in total. The first-order chi connectivity index (χ1) is 8.36. The standard InChI is InChI=1S/C16H32O2S/c1-14(2)19(17,18)13-16(6,7)12-10-8-9-11-15(3,4)5/h8-9,14H,10-13H2,1-7H3/b9-8+. The van der Waals surface area contributed by atoms with Crippen LogP contribution >= 0.6 is 0 Å². The molecule has 0 unspecified atom stereocenters. The molecular weight excluding hydrogens is 256 g/mol. The van der Waals surface area contributed by atoms with Crippen molar-refractivity contribution >= 4 is 9.84 Å². The smallest absolute Gasteiger partial charge is 0.153 e. The van der Waals surface area contributed by atoms with Crippen molar-refractivity contribution < 1.29 is 8.42 Å². The Hall–Kier alpha value is -0.310. The molecule has 0 N–H and O–H groups in total. The van der Waals surface area contributed by atoms with Gasteiger partial charge in [0.05, 0.1) is 11.0 Å². The first kappa shape index (κ1) is 18.7. The zero-order chi connectivity index (χ0) is 15.3. The van der Waals surface area contributed by atoms with E-state index in [4.69, 9.17) is 0 Å². The summed E-state index contributed by atoms with van der Waals surface area (Å²) in [7, 11) is -2.95. The van der Waals surface area contributed by atoms with Gasteiger partial charge in [-0.05, 0) is 43.9 Å². The summed E-state index contributed by atoms with van der Waals surface area (Å²) in [5, 5.41) is -0.275. The minimum atomic E-state index is -2.95. The molecule has 0 aliphatic rings. The van der Waals surface area contributed by atoms with E-state index in [0.29, 0.717) is 5.41 Å². The highest BCUT2D eigenvalue weighted by Crippen LogP contribution is 2.27. The first-order valence-electron chi connectivity index (χ1n) is 7.22. The van der Waals surface area contributed by atoms with Gasteiger partial charge in [-0.1, -0.05) is 46.8 Å². The highest BCUT2D eigenvalue weighted by atomic mass is 32.2. The number of hydrogen-bond acceptors (Lipinski definition) is 2. The summed E-state index contributed by atoms with van der Waals surface area (Å²) in [6.07, 6.45) is 7.34. The minimum absolute atomic E-state index is 0.144. The molecule has 0 spiro atoms. The van der Waals surface area contributed by atoms with Gasteiger partial charge in [0.25, 0.3) is 0 Å². The lowest BCUT2D eigenvalue weighted by Crippen LogP contribution is -2.28. The van der Waals surface area contributed by atoms with Crippen molar-refractivity contribution in [3.05, 3.63) is 12.2 Å². The first-order valence-corrected chi connectivity index (χ1v) is 8.94. The van der Waals surface area contributed by atoms with E-state index in [1.165, 1.54) is 0 Å². The largest absolute Gasteiger partial charge is 0.229 e. The Morgan fingerprint density at radius 1 is 1.00 bits per heavy atom. The summed E-state index contributed by atoms with van der Waals surface area (Å²) in [6.45, 7) is 14.3. The van der Waals surface area contributed by atoms with Crippen LogP contribution in [-0.2, 0) is 9.84 Å². The quantitative estimate of drug-likeness (QED) is 0.641. The van der Waals surface area contributed by atoms with Gasteiger partial charge in [0.15, 0.2) is 9.84 Å². The summed E-state index contributed by atoms with van der Waals surface area (Å²) >= 11 is 0. The van der Waals surface area contributed by atoms with Crippen molar-refractivity contribution in [2.75, 3.05) is 5.75 Å². The molecule has 0 aromatic heterocycles. The molecule has 0 rings (SSSR count). The Morgan fingerprint density at radius 3 is 1.95 bits per heavy atom. The molecule has 0 heterocycles. The van der Waals surface area contributed by atoms with Gasteiger partial charge in [-0.15, -0.1) is 0 Å². The van der Waals surface area contributed by atoms with Gasteiger partial charge in [0.2, 0.25) is 0 Å². The van der Waals surface area contributed by atoms with Crippen LogP contribution in [0.1, 0.15) is 67.7 Å². The fourth-order valence-electron chi connectivity index (χ4n) is 1.81. The SMILES string of the molecule is CC(C)S(=O)(=O)CC(C)(C)CC/C=C/CC(C)(C)C. The van der Waals surface area contributed by atoms with Crippen molar-refractivity contribution in [1.82, 2.24) is 0 Å². The van der Waals surface area contributed by atoms with Crippen LogP contribution in [0.2, 0.25) is 0 Å². The van der Waals surface area contributed by atoms with Crippen LogP contribution in [0.5, 0.6) is 0 Å². The fraction of sp³-hybridized carbons (Fsp3) is 0.875. The maximum absolute atomic E-state index is 11.9. The fourth-order valence-corrected chi connectivity index (χ4v) is 3.38. The van der Waals surface area contributed by atoms with Crippen LogP contribution in [0.15, 0.2) is 12.2 Å². The maximum atomic E-state index is 11.9. The number of hydrogen-bond donors (Lipinski definition) is 0. The van der Waals surface area contributed by atoms with E-state index in [2.05, 4.69) is 32.9 Å². The lowest BCUT2D eigenvalue weighted by molar-refractivity contribution is 0.379. The molecular formula is C16H32O2S. The van der Waals surface area contributed by atoms with Crippen LogP contribution in [0.3, 0.4) is 0 Å². The van der Waals surface area contributed by atoms with Crippen LogP contribution in [0, 0.1) is 10.8 Å². The van der Waals surface area contributed by atoms with Gasteiger partial charge in [0.1, 0.15) is 0 Å². The van der Waals surface area contributed by atoms with Gasteiger partial charge in [-0.3, -0.25) is 0 Å². The van der Waals surface area contributed by atoms with Crippen molar-refractivity contribution in [2.24, 2.45) is 10.8 Å². The van der Waals surface area contributed by atoms with E-state index in [9.17, 15) is 8.42 Å². The second-order valence-corrected chi connectivity index (χ2v) is 10.4. The summed E-state index contributed by atoms with van der Waals surface area (Å²) in [6, 6.07) is 0. The van der Waals surface area contributed by atoms with Crippen molar-refractivity contribution in [2.45, 2.75) is 73.0 Å². The van der Waals surface area contributed by atoms with Crippen LogP contribution in [0.4, 0.5) is 0 Å². The van der Waals surface area contributed by atoms with Crippen molar-refractivity contribution in [3.63, 3.8) is 0 Å². The Morgan fingerprint density at radius 2 is 1.53 bits per heavy atom. The Bertz CT molecular complexity index is 381. The van der Waals surface area contributed by atoms with Crippen molar-refractivity contribution in [1.29, 1.82) is 0 Å². The van der Waals surface area contributed by atoms with E-state index in [1.807, 2.05) is 13.8 Å². The molecule has 114 valence electrons. The number of sulfone groups is 1. The molecule has 3 heteroatoms. The molecule has 0 bridgehead atoms. The topological polar surface area (TPSA) is 34.1 Å². The van der Waals surface area contributed by atoms with E-state index >= 15 is 0 Å². The highest BCUT2D eigenvalue weighted by molar-refractivity contribution is 7.92. The Labute approximate surface area is 120 Å². The second-order valence-electron chi connectivity index (χ2n) is 7.80. The summed E-state index contributed by atoms with van der Waals surface area (Å²) in [5.74, 6) is 0.283. The Kier molecular flexibility index (Phi) is 6.80. The summed E-state index contributed by atoms with van der Waals surface area (Å²) in [4.78, 5) is 0. The molecule has 0 aromatic carbocycles. The Balaban J connectivity index is 4.26. The monoisotopic (exact) mass is 288 g/mol. The number of allylic oxidation sites excluding steroid dienone is 2. The normalized spacial score (nSPS) is 14.5. The maximum Gasteiger partial charge on any atom is 0.153 e. The lowest BCUT2D eigenvalue weighted by Gasteiger charge is -2.25. The second kappa shape index (κ2) is 6.92. The zero-order valence-corrected chi connectivity index (χ0v) is 14.6. The summed E-state index contributed by atoms with van der Waals surface area (Å²) in [5.41, 5.74) is 0.183. The van der Waals surface area contributed by atoms with Crippen molar-refractivity contribution in [3.8, 4) is 0 Å². The molecule has 19 heavy (non-hydrogen) atoms. The van der Waals surface area contributed by atoms with Gasteiger partial charge in [-0.25, -0.2) is 8.42 Å². The minimum Gasteiger partial charge on any atom is -0.229 e. The zero-order valence-electron chi connectivity index (χ0n) is 13.8. The molecule has 0 aliphatic carbocycles. The van der Waals surface area contributed by atoms with E-state index in [-0.39, 0.29) is 16.4 Å².